The Morgan fingerprint density at radius 1 is 1.31 bits per heavy atom. The molecule has 0 bridgehead atoms. The van der Waals surface area contributed by atoms with E-state index in [9.17, 15) is 4.79 Å². The van der Waals surface area contributed by atoms with Crippen molar-refractivity contribution >= 4 is 23.1 Å². The average molecular weight is 375 g/mol. The van der Waals surface area contributed by atoms with Gasteiger partial charge in [-0.05, 0) is 63.5 Å². The molecule has 1 aromatic carbocycles. The number of thiocarbonyl (C=S) groups is 1. The number of rotatable bonds is 5. The summed E-state index contributed by atoms with van der Waals surface area (Å²) < 4.78 is 11.3. The van der Waals surface area contributed by atoms with Crippen molar-refractivity contribution in [2.75, 3.05) is 13.7 Å². The van der Waals surface area contributed by atoms with Gasteiger partial charge in [0, 0.05) is 24.2 Å². The molecular weight excluding hydrogens is 348 g/mol. The Bertz CT molecular complexity index is 757. The maximum atomic E-state index is 12.7. The number of nitrogens with one attached hydrogen (secondary N) is 1. The van der Waals surface area contributed by atoms with Gasteiger partial charge in [0.2, 0.25) is 0 Å². The van der Waals surface area contributed by atoms with E-state index in [1.165, 1.54) is 0 Å². The molecule has 2 aliphatic rings. The molecule has 0 saturated heterocycles. The highest BCUT2D eigenvalue weighted by Crippen LogP contribution is 2.39. The van der Waals surface area contributed by atoms with Crippen LogP contribution >= 0.6 is 12.2 Å². The van der Waals surface area contributed by atoms with Crippen molar-refractivity contribution in [1.29, 1.82) is 0 Å². The van der Waals surface area contributed by atoms with E-state index < -0.39 is 0 Å². The molecule has 0 aromatic heterocycles. The second kappa shape index (κ2) is 7.66. The zero-order valence-corrected chi connectivity index (χ0v) is 16.6. The summed E-state index contributed by atoms with van der Waals surface area (Å²) in [6, 6.07) is 5.57. The number of nitrogens with zero attached hydrogens (tertiary/aromatic N) is 1. The predicted molar refractivity (Wildman–Crippen MR) is 105 cm³/mol. The monoisotopic (exact) mass is 374 g/mol. The molecule has 1 N–H and O–H groups in total. The topological polar surface area (TPSA) is 50.8 Å². The number of Topliss-reactive ketones (excluding diaryl/α,β-unsaturated/α-hetero) is 1. The van der Waals surface area contributed by atoms with E-state index in [4.69, 9.17) is 21.7 Å². The summed E-state index contributed by atoms with van der Waals surface area (Å²) in [6.45, 7) is 6.77. The number of hydrogen-bond acceptors (Lipinski definition) is 4. The third kappa shape index (κ3) is 3.43. The largest absolute Gasteiger partial charge is 0.493 e. The number of allylic oxidation sites excluding steroid dienone is 1. The second-order valence-corrected chi connectivity index (χ2v) is 7.23. The quantitative estimate of drug-likeness (QED) is 0.793. The highest BCUT2D eigenvalue weighted by Gasteiger charge is 2.36. The van der Waals surface area contributed by atoms with Crippen LogP contribution < -0.4 is 14.8 Å². The molecule has 1 heterocycles. The van der Waals surface area contributed by atoms with Crippen LogP contribution in [-0.2, 0) is 4.79 Å². The number of carbonyl (C=O) groups excluding carboxylic acids is 1. The maximum absolute atomic E-state index is 12.7. The van der Waals surface area contributed by atoms with Gasteiger partial charge in [0.05, 0.1) is 19.3 Å². The fraction of sp³-hybridized carbons (Fsp3) is 0.500. The smallest absolute Gasteiger partial charge is 0.173 e. The van der Waals surface area contributed by atoms with Gasteiger partial charge in [0.1, 0.15) is 0 Å². The highest BCUT2D eigenvalue weighted by atomic mass is 32.1. The number of ether oxygens (including phenoxy) is 2. The van der Waals surface area contributed by atoms with Crippen molar-refractivity contribution in [3.05, 3.63) is 35.0 Å². The SMILES string of the molecule is CCN1C(=S)NC(c2ccc(OC)c(OC(C)C)c2)C2=C1CCCC2=O. The Hall–Kier alpha value is -2.08. The lowest BCUT2D eigenvalue weighted by Crippen LogP contribution is -2.49. The van der Waals surface area contributed by atoms with Crippen LogP contribution in [0.1, 0.15) is 51.6 Å². The van der Waals surface area contributed by atoms with Crippen molar-refractivity contribution in [3.63, 3.8) is 0 Å². The van der Waals surface area contributed by atoms with Crippen molar-refractivity contribution in [3.8, 4) is 11.5 Å². The van der Waals surface area contributed by atoms with Gasteiger partial charge >= 0.3 is 0 Å². The van der Waals surface area contributed by atoms with Crippen LogP contribution in [0.25, 0.3) is 0 Å². The van der Waals surface area contributed by atoms with Gasteiger partial charge in [-0.1, -0.05) is 6.07 Å². The van der Waals surface area contributed by atoms with Crippen molar-refractivity contribution in [1.82, 2.24) is 10.2 Å². The number of carbonyl (C=O) groups is 1. The minimum Gasteiger partial charge on any atom is -0.493 e. The Morgan fingerprint density at radius 3 is 2.73 bits per heavy atom. The van der Waals surface area contributed by atoms with Crippen molar-refractivity contribution in [2.24, 2.45) is 0 Å². The summed E-state index contributed by atoms with van der Waals surface area (Å²) in [5.74, 6) is 1.56. The second-order valence-electron chi connectivity index (χ2n) is 6.84. The molecular formula is C20H26N2O3S. The van der Waals surface area contributed by atoms with Crippen LogP contribution in [0.3, 0.4) is 0 Å². The first kappa shape index (κ1) is 18.7. The third-order valence-corrected chi connectivity index (χ3v) is 5.09. The van der Waals surface area contributed by atoms with E-state index in [1.54, 1.807) is 7.11 Å². The van der Waals surface area contributed by atoms with Gasteiger partial charge in [0.15, 0.2) is 22.4 Å². The molecule has 5 nitrogen and oxygen atoms in total. The minimum absolute atomic E-state index is 0.0289. The lowest BCUT2D eigenvalue weighted by Gasteiger charge is -2.40. The Kier molecular flexibility index (Phi) is 5.51. The molecule has 0 saturated carbocycles. The first-order valence-electron chi connectivity index (χ1n) is 9.15. The summed E-state index contributed by atoms with van der Waals surface area (Å²) in [4.78, 5) is 14.8. The molecule has 1 aromatic rings. The first-order chi connectivity index (χ1) is 12.5. The Balaban J connectivity index is 2.07. The fourth-order valence-corrected chi connectivity index (χ4v) is 4.01. The van der Waals surface area contributed by atoms with Crippen LogP contribution in [0, 0.1) is 0 Å². The summed E-state index contributed by atoms with van der Waals surface area (Å²) in [7, 11) is 1.63. The molecule has 0 fully saturated rings. The van der Waals surface area contributed by atoms with Gasteiger partial charge in [0.25, 0.3) is 0 Å². The maximum Gasteiger partial charge on any atom is 0.173 e. The molecule has 0 amide bonds. The minimum atomic E-state index is -0.242. The van der Waals surface area contributed by atoms with Gasteiger partial charge < -0.3 is 19.7 Å². The number of ketones is 1. The third-order valence-electron chi connectivity index (χ3n) is 4.76. The summed E-state index contributed by atoms with van der Waals surface area (Å²) in [5, 5.41) is 4.04. The zero-order valence-electron chi connectivity index (χ0n) is 15.8. The van der Waals surface area contributed by atoms with Crippen LogP contribution in [0.2, 0.25) is 0 Å². The molecule has 140 valence electrons. The van der Waals surface area contributed by atoms with E-state index in [1.807, 2.05) is 36.9 Å². The summed E-state index contributed by atoms with van der Waals surface area (Å²) in [6.07, 6.45) is 2.39. The van der Waals surface area contributed by atoms with Crippen molar-refractivity contribution < 1.29 is 14.3 Å². The van der Waals surface area contributed by atoms with E-state index in [-0.39, 0.29) is 17.9 Å². The van der Waals surface area contributed by atoms with E-state index in [0.717, 1.165) is 36.2 Å². The lowest BCUT2D eigenvalue weighted by atomic mass is 9.84. The molecule has 1 unspecified atom stereocenters. The molecule has 0 spiro atoms. The normalized spacial score (nSPS) is 20.2. The zero-order chi connectivity index (χ0) is 18.8. The standard InChI is InChI=1S/C20H26N2O3S/c1-5-22-14-7-6-8-15(23)18(14)19(21-20(22)26)13-9-10-16(24-4)17(11-13)25-12(2)3/h9-12,19H,5-8H2,1-4H3,(H,21,26). The number of hydrogen-bond donors (Lipinski definition) is 1. The van der Waals surface area contributed by atoms with Gasteiger partial charge in [-0.3, -0.25) is 4.79 Å². The average Bonchev–Trinajstić information content (AvgIpc) is 2.60. The van der Waals surface area contributed by atoms with Crippen LogP contribution in [0.5, 0.6) is 11.5 Å². The van der Waals surface area contributed by atoms with Crippen LogP contribution in [0.4, 0.5) is 0 Å². The first-order valence-corrected chi connectivity index (χ1v) is 9.56. The molecule has 1 atom stereocenters. The van der Waals surface area contributed by atoms with Gasteiger partial charge in [-0.15, -0.1) is 0 Å². The molecule has 26 heavy (non-hydrogen) atoms. The molecule has 1 aliphatic carbocycles. The lowest BCUT2D eigenvalue weighted by molar-refractivity contribution is -0.116. The van der Waals surface area contributed by atoms with E-state index >= 15 is 0 Å². The predicted octanol–water partition coefficient (Wildman–Crippen LogP) is 3.74. The molecule has 0 radical (unpaired) electrons. The fourth-order valence-electron chi connectivity index (χ4n) is 3.65. The number of methoxy groups -OCH3 is 1. The Morgan fingerprint density at radius 2 is 2.08 bits per heavy atom. The number of benzene rings is 1. The summed E-state index contributed by atoms with van der Waals surface area (Å²) in [5.41, 5.74) is 2.87. The molecule has 1 aliphatic heterocycles. The summed E-state index contributed by atoms with van der Waals surface area (Å²) >= 11 is 5.58. The molecule has 6 heteroatoms. The van der Waals surface area contributed by atoms with Crippen LogP contribution in [0.15, 0.2) is 29.5 Å². The Labute approximate surface area is 160 Å². The van der Waals surface area contributed by atoms with E-state index in [0.29, 0.717) is 23.0 Å². The van der Waals surface area contributed by atoms with E-state index in [2.05, 4.69) is 12.2 Å². The highest BCUT2D eigenvalue weighted by molar-refractivity contribution is 7.80. The van der Waals surface area contributed by atoms with Gasteiger partial charge in [-0.2, -0.15) is 0 Å². The van der Waals surface area contributed by atoms with Crippen molar-refractivity contribution in [2.45, 2.75) is 52.2 Å². The van der Waals surface area contributed by atoms with Gasteiger partial charge in [-0.25, -0.2) is 0 Å². The van der Waals surface area contributed by atoms with Crippen LogP contribution in [-0.4, -0.2) is 35.6 Å². The molecule has 3 rings (SSSR count).